The number of aromatic hydroxyl groups is 1. The van der Waals surface area contributed by atoms with Gasteiger partial charge in [0.1, 0.15) is 11.3 Å². The Morgan fingerprint density at radius 2 is 2.18 bits per heavy atom. The molecule has 0 saturated carbocycles. The maximum atomic E-state index is 11.2. The molecule has 6 heteroatoms. The first kappa shape index (κ1) is 12.7. The summed E-state index contributed by atoms with van der Waals surface area (Å²) in [5.41, 5.74) is 0.392. The summed E-state index contributed by atoms with van der Waals surface area (Å²) < 4.78 is 4.45. The summed E-state index contributed by atoms with van der Waals surface area (Å²) in [5, 5.41) is 20.0. The number of methoxy groups -OCH3 is 1. The van der Waals surface area contributed by atoms with Gasteiger partial charge in [0.2, 0.25) is 5.70 Å². The van der Waals surface area contributed by atoms with E-state index in [1.165, 1.54) is 38.3 Å². The van der Waals surface area contributed by atoms with E-state index in [2.05, 4.69) is 4.74 Å². The lowest BCUT2D eigenvalue weighted by Crippen LogP contribution is -2.01. The Bertz CT molecular complexity index is 493. The molecule has 0 saturated heterocycles. The molecule has 0 heterocycles. The summed E-state index contributed by atoms with van der Waals surface area (Å²) in [5.74, 6) is -0.939. The third kappa shape index (κ3) is 3.04. The number of benzene rings is 1. The van der Waals surface area contributed by atoms with Gasteiger partial charge in [-0.25, -0.2) is 4.79 Å². The Kier molecular flexibility index (Phi) is 3.82. The van der Waals surface area contributed by atoms with Crippen molar-refractivity contribution in [1.82, 2.24) is 0 Å². The third-order valence-corrected chi connectivity index (χ3v) is 2.09. The van der Waals surface area contributed by atoms with Gasteiger partial charge >= 0.3 is 5.97 Å². The molecule has 0 unspecified atom stereocenters. The molecule has 6 nitrogen and oxygen atoms in total. The smallest absolute Gasteiger partial charge is 0.341 e. The van der Waals surface area contributed by atoms with E-state index in [9.17, 15) is 20.0 Å². The number of phenols is 1. The number of rotatable bonds is 3. The van der Waals surface area contributed by atoms with E-state index in [4.69, 9.17) is 0 Å². The average molecular weight is 237 g/mol. The minimum Gasteiger partial charge on any atom is -0.507 e. The fourth-order valence-electron chi connectivity index (χ4n) is 1.21. The fraction of sp³-hybridized carbons (Fsp3) is 0.182. The summed E-state index contributed by atoms with van der Waals surface area (Å²) in [6.07, 6.45) is 1.29. The Morgan fingerprint density at radius 1 is 1.53 bits per heavy atom. The van der Waals surface area contributed by atoms with Crippen LogP contribution in [0.2, 0.25) is 0 Å². The molecular weight excluding hydrogens is 226 g/mol. The summed E-state index contributed by atoms with van der Waals surface area (Å²) in [7, 11) is 1.20. The van der Waals surface area contributed by atoms with Gasteiger partial charge in [0.15, 0.2) is 0 Å². The van der Waals surface area contributed by atoms with Crippen LogP contribution < -0.4 is 0 Å². The van der Waals surface area contributed by atoms with Crippen molar-refractivity contribution in [3.05, 3.63) is 45.1 Å². The Balaban J connectivity index is 3.09. The van der Waals surface area contributed by atoms with Crippen molar-refractivity contribution in [2.75, 3.05) is 7.11 Å². The maximum Gasteiger partial charge on any atom is 0.341 e. The summed E-state index contributed by atoms with van der Waals surface area (Å²) >= 11 is 0. The van der Waals surface area contributed by atoms with Crippen molar-refractivity contribution in [1.29, 1.82) is 0 Å². The van der Waals surface area contributed by atoms with Crippen molar-refractivity contribution in [3.8, 4) is 5.75 Å². The molecule has 0 aliphatic rings. The largest absolute Gasteiger partial charge is 0.507 e. The molecule has 0 atom stereocenters. The quantitative estimate of drug-likeness (QED) is 0.492. The second-order valence-electron chi connectivity index (χ2n) is 3.31. The highest BCUT2D eigenvalue weighted by Gasteiger charge is 2.11. The molecule has 0 amide bonds. The van der Waals surface area contributed by atoms with Gasteiger partial charge in [-0.05, 0) is 17.7 Å². The van der Waals surface area contributed by atoms with E-state index in [0.29, 0.717) is 5.56 Å². The molecule has 0 fully saturated rings. The van der Waals surface area contributed by atoms with Gasteiger partial charge < -0.3 is 9.84 Å². The van der Waals surface area contributed by atoms with Crippen LogP contribution in [-0.2, 0) is 4.74 Å². The molecule has 0 aromatic heterocycles. The Labute approximate surface area is 97.3 Å². The summed E-state index contributed by atoms with van der Waals surface area (Å²) in [6, 6.07) is 4.10. The van der Waals surface area contributed by atoms with Crippen molar-refractivity contribution >= 4 is 12.0 Å². The van der Waals surface area contributed by atoms with Crippen LogP contribution in [0.15, 0.2) is 23.9 Å². The number of hydrogen-bond acceptors (Lipinski definition) is 5. The lowest BCUT2D eigenvalue weighted by molar-refractivity contribution is -0.422. The van der Waals surface area contributed by atoms with Gasteiger partial charge in [0.25, 0.3) is 0 Å². The first-order chi connectivity index (χ1) is 7.95. The fourth-order valence-corrected chi connectivity index (χ4v) is 1.21. The Morgan fingerprint density at radius 3 is 2.65 bits per heavy atom. The standard InChI is InChI=1S/C11H11NO5/c1-7(12(15)16)5-8-3-4-9(10(13)6-8)11(14)17-2/h3-6,13H,1-2H3. The molecule has 0 aliphatic heterocycles. The second kappa shape index (κ2) is 5.11. The molecule has 1 rings (SSSR count). The van der Waals surface area contributed by atoms with Crippen LogP contribution in [0.5, 0.6) is 5.75 Å². The SMILES string of the molecule is COC(=O)c1ccc(C=C(C)[N+](=O)[O-])cc1O. The highest BCUT2D eigenvalue weighted by atomic mass is 16.6. The third-order valence-electron chi connectivity index (χ3n) is 2.09. The van der Waals surface area contributed by atoms with Crippen molar-refractivity contribution in [2.24, 2.45) is 0 Å². The average Bonchev–Trinajstić information content (AvgIpc) is 2.28. The zero-order chi connectivity index (χ0) is 13.0. The van der Waals surface area contributed by atoms with E-state index < -0.39 is 10.9 Å². The van der Waals surface area contributed by atoms with Crippen LogP contribution in [0.4, 0.5) is 0 Å². The van der Waals surface area contributed by atoms with E-state index in [0.717, 1.165) is 0 Å². The molecule has 1 aromatic rings. The van der Waals surface area contributed by atoms with Crippen molar-refractivity contribution in [3.63, 3.8) is 0 Å². The van der Waals surface area contributed by atoms with Gasteiger partial charge in [-0.2, -0.15) is 0 Å². The van der Waals surface area contributed by atoms with Gasteiger partial charge in [0.05, 0.1) is 12.0 Å². The van der Waals surface area contributed by atoms with E-state index in [-0.39, 0.29) is 17.0 Å². The number of carbonyl (C=O) groups is 1. The normalized spacial score (nSPS) is 11.1. The van der Waals surface area contributed by atoms with E-state index in [1.807, 2.05) is 0 Å². The summed E-state index contributed by atoms with van der Waals surface area (Å²) in [6.45, 7) is 1.34. The molecular formula is C11H11NO5. The van der Waals surface area contributed by atoms with Crippen molar-refractivity contribution < 1.29 is 19.6 Å². The molecule has 17 heavy (non-hydrogen) atoms. The van der Waals surface area contributed by atoms with Gasteiger partial charge in [-0.15, -0.1) is 0 Å². The number of hydrogen-bond donors (Lipinski definition) is 1. The number of carbonyl (C=O) groups excluding carboxylic acids is 1. The number of ether oxygens (including phenoxy) is 1. The van der Waals surface area contributed by atoms with Gasteiger partial charge in [-0.1, -0.05) is 6.07 Å². The van der Waals surface area contributed by atoms with Crippen LogP contribution in [0.3, 0.4) is 0 Å². The van der Waals surface area contributed by atoms with Gasteiger partial charge in [0, 0.05) is 13.0 Å². The number of allylic oxidation sites excluding steroid dienone is 1. The molecule has 0 aliphatic carbocycles. The maximum absolute atomic E-state index is 11.2. The van der Waals surface area contributed by atoms with Crippen LogP contribution in [0, 0.1) is 10.1 Å². The van der Waals surface area contributed by atoms with Crippen LogP contribution >= 0.6 is 0 Å². The monoisotopic (exact) mass is 237 g/mol. The minimum absolute atomic E-state index is 0.0170. The van der Waals surface area contributed by atoms with Gasteiger partial charge in [-0.3, -0.25) is 10.1 Å². The van der Waals surface area contributed by atoms with Crippen molar-refractivity contribution in [2.45, 2.75) is 6.92 Å². The lowest BCUT2D eigenvalue weighted by Gasteiger charge is -2.03. The van der Waals surface area contributed by atoms with E-state index in [1.54, 1.807) is 0 Å². The van der Waals surface area contributed by atoms with Crippen LogP contribution in [-0.4, -0.2) is 23.1 Å². The highest BCUT2D eigenvalue weighted by Crippen LogP contribution is 2.21. The van der Waals surface area contributed by atoms with Crippen LogP contribution in [0.25, 0.3) is 6.08 Å². The Hall–Kier alpha value is -2.37. The van der Waals surface area contributed by atoms with E-state index >= 15 is 0 Å². The molecule has 0 bridgehead atoms. The highest BCUT2D eigenvalue weighted by molar-refractivity contribution is 5.92. The number of phenolic OH excluding ortho intramolecular Hbond substituents is 1. The zero-order valence-electron chi connectivity index (χ0n) is 9.34. The predicted molar refractivity (Wildman–Crippen MR) is 60.1 cm³/mol. The number of nitro groups is 1. The molecule has 90 valence electrons. The summed E-state index contributed by atoms with van der Waals surface area (Å²) in [4.78, 5) is 21.0. The first-order valence-corrected chi connectivity index (χ1v) is 4.69. The molecule has 0 radical (unpaired) electrons. The molecule has 1 aromatic carbocycles. The zero-order valence-corrected chi connectivity index (χ0v) is 9.34. The van der Waals surface area contributed by atoms with Crippen LogP contribution in [0.1, 0.15) is 22.8 Å². The first-order valence-electron chi connectivity index (χ1n) is 4.69. The molecule has 1 N–H and O–H groups in total. The minimum atomic E-state index is -0.663. The molecule has 0 spiro atoms. The number of nitrogens with zero attached hydrogens (tertiary/aromatic N) is 1. The number of esters is 1. The predicted octanol–water partition coefficient (Wildman–Crippen LogP) is 1.82. The lowest BCUT2D eigenvalue weighted by atomic mass is 10.1. The topological polar surface area (TPSA) is 89.7 Å². The second-order valence-corrected chi connectivity index (χ2v) is 3.31.